The summed E-state index contributed by atoms with van der Waals surface area (Å²) in [6, 6.07) is 4.08. The van der Waals surface area contributed by atoms with E-state index < -0.39 is 12.4 Å². The molecule has 2 N–H and O–H groups in total. The standard InChI is InChI=1S/C12H12F2N2O2/c1-18-11(17)4-7-2-8(12(13)14)3-9(5-15)10(7)6-16/h2-3,12H,4,6,16H2,1H3. The highest BCUT2D eigenvalue weighted by atomic mass is 19.3. The molecule has 96 valence electrons. The van der Waals surface area contributed by atoms with Crippen molar-refractivity contribution in [3.8, 4) is 6.07 Å². The van der Waals surface area contributed by atoms with E-state index in [0.717, 1.165) is 6.07 Å². The fourth-order valence-electron chi connectivity index (χ4n) is 1.61. The number of carbonyl (C=O) groups is 1. The zero-order valence-electron chi connectivity index (χ0n) is 9.74. The predicted octanol–water partition coefficient (Wildman–Crippen LogP) is 1.67. The molecule has 0 bridgehead atoms. The lowest BCUT2D eigenvalue weighted by atomic mass is 9.96. The Labute approximate surface area is 103 Å². The van der Waals surface area contributed by atoms with E-state index >= 15 is 0 Å². The second-order valence-electron chi connectivity index (χ2n) is 3.58. The van der Waals surface area contributed by atoms with Gasteiger partial charge in [-0.1, -0.05) is 0 Å². The molecule has 0 saturated carbocycles. The number of alkyl halides is 2. The zero-order chi connectivity index (χ0) is 13.7. The summed E-state index contributed by atoms with van der Waals surface area (Å²) in [6.45, 7) is -0.00125. The van der Waals surface area contributed by atoms with E-state index in [-0.39, 0.29) is 24.1 Å². The van der Waals surface area contributed by atoms with E-state index in [1.165, 1.54) is 13.2 Å². The smallest absolute Gasteiger partial charge is 0.309 e. The van der Waals surface area contributed by atoms with Crippen molar-refractivity contribution in [3.63, 3.8) is 0 Å². The first-order valence-corrected chi connectivity index (χ1v) is 5.14. The van der Waals surface area contributed by atoms with Crippen LogP contribution < -0.4 is 5.73 Å². The number of rotatable bonds is 4. The molecule has 0 aliphatic carbocycles. The fraction of sp³-hybridized carbons (Fsp3) is 0.333. The third-order valence-electron chi connectivity index (χ3n) is 2.50. The Balaban J connectivity index is 3.32. The number of nitrogens with zero attached hydrogens (tertiary/aromatic N) is 1. The van der Waals surface area contributed by atoms with E-state index in [2.05, 4.69) is 4.74 Å². The lowest BCUT2D eigenvalue weighted by Gasteiger charge is -2.11. The molecule has 0 fully saturated rings. The Bertz CT molecular complexity index is 496. The van der Waals surface area contributed by atoms with Crippen molar-refractivity contribution in [2.45, 2.75) is 19.4 Å². The minimum atomic E-state index is -2.71. The number of benzene rings is 1. The van der Waals surface area contributed by atoms with E-state index in [4.69, 9.17) is 11.0 Å². The first-order valence-electron chi connectivity index (χ1n) is 5.14. The Morgan fingerprint density at radius 1 is 1.56 bits per heavy atom. The van der Waals surface area contributed by atoms with Gasteiger partial charge >= 0.3 is 5.97 Å². The molecule has 0 spiro atoms. The normalized spacial score (nSPS) is 10.2. The van der Waals surface area contributed by atoms with Gasteiger partial charge in [-0.15, -0.1) is 0 Å². The third-order valence-corrected chi connectivity index (χ3v) is 2.50. The van der Waals surface area contributed by atoms with Gasteiger partial charge in [0.25, 0.3) is 6.43 Å². The summed E-state index contributed by atoms with van der Waals surface area (Å²) >= 11 is 0. The number of methoxy groups -OCH3 is 1. The van der Waals surface area contributed by atoms with E-state index in [1.54, 1.807) is 0 Å². The Hall–Kier alpha value is -2.00. The number of ether oxygens (including phenoxy) is 1. The van der Waals surface area contributed by atoms with E-state index in [1.807, 2.05) is 6.07 Å². The molecule has 4 nitrogen and oxygen atoms in total. The Morgan fingerprint density at radius 3 is 2.67 bits per heavy atom. The monoisotopic (exact) mass is 254 g/mol. The molecule has 1 aromatic rings. The van der Waals surface area contributed by atoms with Gasteiger partial charge in [0.1, 0.15) is 0 Å². The van der Waals surface area contributed by atoms with Gasteiger partial charge in [-0.2, -0.15) is 5.26 Å². The number of nitrogens with two attached hydrogens (primary N) is 1. The third kappa shape index (κ3) is 3.02. The van der Waals surface area contributed by atoms with Crippen LogP contribution >= 0.6 is 0 Å². The van der Waals surface area contributed by atoms with Crippen LogP contribution in [0.5, 0.6) is 0 Å². The maximum atomic E-state index is 12.7. The average Bonchev–Trinajstić information content (AvgIpc) is 2.37. The van der Waals surface area contributed by atoms with E-state index in [0.29, 0.717) is 11.1 Å². The maximum Gasteiger partial charge on any atom is 0.309 e. The number of hydrogen-bond acceptors (Lipinski definition) is 4. The van der Waals surface area contributed by atoms with Crippen LogP contribution in [-0.4, -0.2) is 13.1 Å². The highest BCUT2D eigenvalue weighted by Crippen LogP contribution is 2.25. The largest absolute Gasteiger partial charge is 0.469 e. The summed E-state index contributed by atoms with van der Waals surface area (Å²) < 4.78 is 29.8. The highest BCUT2D eigenvalue weighted by molar-refractivity contribution is 5.73. The summed E-state index contributed by atoms with van der Waals surface area (Å²) in [5.74, 6) is -0.569. The number of hydrogen-bond donors (Lipinski definition) is 1. The lowest BCUT2D eigenvalue weighted by molar-refractivity contribution is -0.139. The minimum absolute atomic E-state index is 0.00125. The molecule has 0 aromatic heterocycles. The summed E-state index contributed by atoms with van der Waals surface area (Å²) in [5, 5.41) is 8.90. The first-order chi connectivity index (χ1) is 8.53. The van der Waals surface area contributed by atoms with Crippen LogP contribution in [0.4, 0.5) is 8.78 Å². The zero-order valence-corrected chi connectivity index (χ0v) is 9.74. The van der Waals surface area contributed by atoms with Crippen molar-refractivity contribution in [2.24, 2.45) is 5.73 Å². The van der Waals surface area contributed by atoms with Crippen molar-refractivity contribution in [1.82, 2.24) is 0 Å². The van der Waals surface area contributed by atoms with Crippen LogP contribution in [-0.2, 0) is 22.5 Å². The van der Waals surface area contributed by atoms with Crippen molar-refractivity contribution in [3.05, 3.63) is 34.4 Å². The van der Waals surface area contributed by atoms with Gasteiger partial charge < -0.3 is 10.5 Å². The van der Waals surface area contributed by atoms with Gasteiger partial charge in [-0.05, 0) is 23.3 Å². The van der Waals surface area contributed by atoms with Gasteiger partial charge in [0.2, 0.25) is 0 Å². The Kier molecular flexibility index (Phi) is 4.75. The lowest BCUT2D eigenvalue weighted by Crippen LogP contribution is -2.11. The van der Waals surface area contributed by atoms with Gasteiger partial charge in [0.05, 0.1) is 25.2 Å². The molecule has 0 atom stereocenters. The number of halogens is 2. The number of nitriles is 1. The maximum absolute atomic E-state index is 12.7. The molecular weight excluding hydrogens is 242 g/mol. The van der Waals surface area contributed by atoms with Gasteiger partial charge in [0.15, 0.2) is 0 Å². The van der Waals surface area contributed by atoms with Crippen molar-refractivity contribution in [2.75, 3.05) is 7.11 Å². The molecule has 0 radical (unpaired) electrons. The number of esters is 1. The van der Waals surface area contributed by atoms with Gasteiger partial charge in [0, 0.05) is 12.1 Å². The van der Waals surface area contributed by atoms with Crippen LogP contribution in [0.15, 0.2) is 12.1 Å². The SMILES string of the molecule is COC(=O)Cc1cc(C(F)F)cc(C#N)c1CN. The molecule has 0 aliphatic rings. The van der Waals surface area contributed by atoms with Gasteiger partial charge in [-0.3, -0.25) is 4.79 Å². The summed E-state index contributed by atoms with van der Waals surface area (Å²) in [6.07, 6.45) is -2.89. The van der Waals surface area contributed by atoms with Crippen LogP contribution in [0.2, 0.25) is 0 Å². The average molecular weight is 254 g/mol. The summed E-state index contributed by atoms with van der Waals surface area (Å²) in [4.78, 5) is 11.2. The molecule has 1 rings (SSSR count). The van der Waals surface area contributed by atoms with Crippen LogP contribution in [0.25, 0.3) is 0 Å². The molecule has 0 heterocycles. The van der Waals surface area contributed by atoms with Crippen molar-refractivity contribution < 1.29 is 18.3 Å². The highest BCUT2D eigenvalue weighted by Gasteiger charge is 2.17. The van der Waals surface area contributed by atoms with Crippen molar-refractivity contribution >= 4 is 5.97 Å². The molecule has 0 unspecified atom stereocenters. The van der Waals surface area contributed by atoms with Crippen LogP contribution in [0, 0.1) is 11.3 Å². The second-order valence-corrected chi connectivity index (χ2v) is 3.58. The molecule has 0 amide bonds. The molecule has 0 saturated heterocycles. The van der Waals surface area contributed by atoms with E-state index in [9.17, 15) is 13.6 Å². The second kappa shape index (κ2) is 6.07. The minimum Gasteiger partial charge on any atom is -0.469 e. The topological polar surface area (TPSA) is 76.1 Å². The quantitative estimate of drug-likeness (QED) is 0.829. The molecule has 0 aliphatic heterocycles. The van der Waals surface area contributed by atoms with Gasteiger partial charge in [-0.25, -0.2) is 8.78 Å². The molecule has 1 aromatic carbocycles. The molecule has 6 heteroatoms. The number of carbonyl (C=O) groups excluding carboxylic acids is 1. The summed E-state index contributed by atoms with van der Waals surface area (Å²) in [7, 11) is 1.20. The Morgan fingerprint density at radius 2 is 2.22 bits per heavy atom. The molecule has 18 heavy (non-hydrogen) atoms. The predicted molar refractivity (Wildman–Crippen MR) is 59.7 cm³/mol. The van der Waals surface area contributed by atoms with Crippen molar-refractivity contribution in [1.29, 1.82) is 5.26 Å². The summed E-state index contributed by atoms with van der Waals surface area (Å²) in [5.41, 5.74) is 5.94. The van der Waals surface area contributed by atoms with Crippen LogP contribution in [0.1, 0.15) is 28.7 Å². The van der Waals surface area contributed by atoms with Crippen LogP contribution in [0.3, 0.4) is 0 Å². The molecular formula is C12H12F2N2O2. The first kappa shape index (κ1) is 14.1. The fourth-order valence-corrected chi connectivity index (χ4v) is 1.61.